The number of nitrogens with one attached hydrogen (secondary N) is 1. The standard InChI is InChI=1S/C15H22N2O3/c1-11-6-7-17(9-14(11)18)15(19)16-13-5-3-4-12(8-13)10-20-2/h3-5,8,11,14,18H,6-7,9-10H2,1-2H3,(H,16,19). The maximum atomic E-state index is 12.2. The fourth-order valence-corrected chi connectivity index (χ4v) is 2.34. The highest BCUT2D eigenvalue weighted by Crippen LogP contribution is 2.18. The quantitative estimate of drug-likeness (QED) is 0.889. The number of aliphatic hydroxyl groups excluding tert-OH is 1. The number of ether oxygens (including phenoxy) is 1. The Labute approximate surface area is 119 Å². The SMILES string of the molecule is COCc1cccc(NC(=O)N2CCC(C)C(O)C2)c1. The maximum Gasteiger partial charge on any atom is 0.321 e. The van der Waals surface area contributed by atoms with E-state index in [4.69, 9.17) is 4.74 Å². The van der Waals surface area contributed by atoms with E-state index in [1.807, 2.05) is 31.2 Å². The summed E-state index contributed by atoms with van der Waals surface area (Å²) in [6, 6.07) is 7.41. The lowest BCUT2D eigenvalue weighted by Crippen LogP contribution is -2.47. The number of carbonyl (C=O) groups excluding carboxylic acids is 1. The molecule has 1 fully saturated rings. The first kappa shape index (κ1) is 14.8. The Hall–Kier alpha value is -1.59. The van der Waals surface area contributed by atoms with E-state index in [-0.39, 0.29) is 11.9 Å². The molecule has 2 atom stereocenters. The van der Waals surface area contributed by atoms with Gasteiger partial charge in [-0.15, -0.1) is 0 Å². The first-order chi connectivity index (χ1) is 9.60. The lowest BCUT2D eigenvalue weighted by molar-refractivity contribution is 0.0464. The zero-order chi connectivity index (χ0) is 14.5. The number of benzene rings is 1. The molecule has 0 saturated carbocycles. The zero-order valence-corrected chi connectivity index (χ0v) is 12.0. The van der Waals surface area contributed by atoms with Gasteiger partial charge in [0.05, 0.1) is 12.7 Å². The van der Waals surface area contributed by atoms with Crippen LogP contribution in [0.15, 0.2) is 24.3 Å². The minimum absolute atomic E-state index is 0.162. The third kappa shape index (κ3) is 3.71. The Balaban J connectivity index is 1.95. The maximum absolute atomic E-state index is 12.2. The summed E-state index contributed by atoms with van der Waals surface area (Å²) in [5.74, 6) is 0.254. The van der Waals surface area contributed by atoms with Crippen LogP contribution in [0.3, 0.4) is 0 Å². The van der Waals surface area contributed by atoms with Crippen molar-refractivity contribution >= 4 is 11.7 Å². The van der Waals surface area contributed by atoms with Gasteiger partial charge in [-0.05, 0) is 30.0 Å². The number of aliphatic hydroxyl groups is 1. The minimum Gasteiger partial charge on any atom is -0.391 e. The first-order valence-corrected chi connectivity index (χ1v) is 6.92. The molecule has 1 aliphatic heterocycles. The van der Waals surface area contributed by atoms with Crippen LogP contribution in [0.2, 0.25) is 0 Å². The molecule has 0 bridgehead atoms. The average Bonchev–Trinajstić information content (AvgIpc) is 2.42. The van der Waals surface area contributed by atoms with E-state index in [1.54, 1.807) is 12.0 Å². The van der Waals surface area contributed by atoms with Gasteiger partial charge in [0.15, 0.2) is 0 Å². The van der Waals surface area contributed by atoms with Crippen LogP contribution in [-0.4, -0.2) is 42.3 Å². The number of β-amino-alcohol motifs (C(OH)–C–C–N with tert-alkyl or cyclic N) is 1. The van der Waals surface area contributed by atoms with E-state index in [2.05, 4.69) is 5.32 Å². The van der Waals surface area contributed by atoms with Gasteiger partial charge >= 0.3 is 6.03 Å². The molecule has 1 heterocycles. The van der Waals surface area contributed by atoms with Crippen molar-refractivity contribution in [3.05, 3.63) is 29.8 Å². The van der Waals surface area contributed by atoms with Crippen LogP contribution < -0.4 is 5.32 Å². The Kier molecular flexibility index (Phi) is 4.98. The summed E-state index contributed by atoms with van der Waals surface area (Å²) < 4.78 is 5.07. The Morgan fingerprint density at radius 1 is 1.55 bits per heavy atom. The summed E-state index contributed by atoms with van der Waals surface area (Å²) in [5, 5.41) is 12.7. The average molecular weight is 278 g/mol. The molecule has 1 aromatic carbocycles. The van der Waals surface area contributed by atoms with Crippen molar-refractivity contribution in [2.75, 3.05) is 25.5 Å². The Morgan fingerprint density at radius 3 is 3.05 bits per heavy atom. The first-order valence-electron chi connectivity index (χ1n) is 6.92. The highest BCUT2D eigenvalue weighted by atomic mass is 16.5. The van der Waals surface area contributed by atoms with Gasteiger partial charge in [-0.25, -0.2) is 4.79 Å². The normalized spacial score (nSPS) is 22.6. The molecule has 2 unspecified atom stereocenters. The molecule has 1 saturated heterocycles. The summed E-state index contributed by atoms with van der Waals surface area (Å²) in [4.78, 5) is 13.8. The van der Waals surface area contributed by atoms with E-state index in [1.165, 1.54) is 0 Å². The topological polar surface area (TPSA) is 61.8 Å². The van der Waals surface area contributed by atoms with Gasteiger partial charge in [-0.3, -0.25) is 0 Å². The van der Waals surface area contributed by atoms with E-state index in [0.29, 0.717) is 19.7 Å². The lowest BCUT2D eigenvalue weighted by atomic mass is 9.96. The molecule has 0 aromatic heterocycles. The second-order valence-corrected chi connectivity index (χ2v) is 5.34. The number of likely N-dealkylation sites (tertiary alicyclic amines) is 1. The number of hydrogen-bond acceptors (Lipinski definition) is 3. The summed E-state index contributed by atoms with van der Waals surface area (Å²) in [5.41, 5.74) is 1.76. The molecule has 0 aliphatic carbocycles. The van der Waals surface area contributed by atoms with Crippen LogP contribution in [0.5, 0.6) is 0 Å². The molecule has 0 spiro atoms. The molecule has 5 nitrogen and oxygen atoms in total. The molecule has 110 valence electrons. The van der Waals surface area contributed by atoms with Crippen molar-refractivity contribution < 1.29 is 14.6 Å². The number of nitrogens with zero attached hydrogens (tertiary/aromatic N) is 1. The highest BCUT2D eigenvalue weighted by Gasteiger charge is 2.27. The molecule has 2 N–H and O–H groups in total. The van der Waals surface area contributed by atoms with Gasteiger partial charge in [-0.1, -0.05) is 19.1 Å². The van der Waals surface area contributed by atoms with Gasteiger partial charge in [0.2, 0.25) is 0 Å². The highest BCUT2D eigenvalue weighted by molar-refractivity contribution is 5.89. The van der Waals surface area contributed by atoms with Gasteiger partial charge in [-0.2, -0.15) is 0 Å². The van der Waals surface area contributed by atoms with Gasteiger partial charge < -0.3 is 20.1 Å². The van der Waals surface area contributed by atoms with Gasteiger partial charge in [0.1, 0.15) is 0 Å². The van der Waals surface area contributed by atoms with Crippen molar-refractivity contribution in [2.45, 2.75) is 26.1 Å². The minimum atomic E-state index is -0.436. The summed E-state index contributed by atoms with van der Waals surface area (Å²) >= 11 is 0. The summed E-state index contributed by atoms with van der Waals surface area (Å²) in [6.45, 7) is 3.60. The predicted octanol–water partition coefficient (Wildman–Crippen LogP) is 2.07. The van der Waals surface area contributed by atoms with E-state index >= 15 is 0 Å². The van der Waals surface area contributed by atoms with Crippen LogP contribution in [0.25, 0.3) is 0 Å². The third-order valence-electron chi connectivity index (χ3n) is 3.70. The molecule has 2 rings (SSSR count). The molecule has 1 aromatic rings. The third-order valence-corrected chi connectivity index (χ3v) is 3.70. The lowest BCUT2D eigenvalue weighted by Gasteiger charge is -2.34. The fourth-order valence-electron chi connectivity index (χ4n) is 2.34. The van der Waals surface area contributed by atoms with Gasteiger partial charge in [0, 0.05) is 25.9 Å². The Morgan fingerprint density at radius 2 is 2.35 bits per heavy atom. The van der Waals surface area contributed by atoms with Crippen molar-refractivity contribution in [1.29, 1.82) is 0 Å². The van der Waals surface area contributed by atoms with Crippen molar-refractivity contribution in [2.24, 2.45) is 5.92 Å². The monoisotopic (exact) mass is 278 g/mol. The molecular formula is C15H22N2O3. The molecule has 1 aliphatic rings. The fraction of sp³-hybridized carbons (Fsp3) is 0.533. The smallest absolute Gasteiger partial charge is 0.321 e. The van der Waals surface area contributed by atoms with E-state index < -0.39 is 6.10 Å². The molecule has 5 heteroatoms. The van der Waals surface area contributed by atoms with Crippen LogP contribution >= 0.6 is 0 Å². The Bertz CT molecular complexity index is 464. The number of rotatable bonds is 3. The second kappa shape index (κ2) is 6.72. The predicted molar refractivity (Wildman–Crippen MR) is 77.5 cm³/mol. The molecule has 2 amide bonds. The van der Waals surface area contributed by atoms with E-state index in [9.17, 15) is 9.90 Å². The van der Waals surface area contributed by atoms with Gasteiger partial charge in [0.25, 0.3) is 0 Å². The molecule has 0 radical (unpaired) electrons. The number of hydrogen-bond donors (Lipinski definition) is 2. The van der Waals surface area contributed by atoms with Crippen LogP contribution in [-0.2, 0) is 11.3 Å². The van der Waals surface area contributed by atoms with Crippen LogP contribution in [0, 0.1) is 5.92 Å². The number of piperidine rings is 1. The number of carbonyl (C=O) groups is 1. The van der Waals surface area contributed by atoms with E-state index in [0.717, 1.165) is 17.7 Å². The largest absolute Gasteiger partial charge is 0.391 e. The number of methoxy groups -OCH3 is 1. The number of urea groups is 1. The zero-order valence-electron chi connectivity index (χ0n) is 12.0. The van der Waals surface area contributed by atoms with Crippen LogP contribution in [0.1, 0.15) is 18.9 Å². The summed E-state index contributed by atoms with van der Waals surface area (Å²) in [6.07, 6.45) is 0.396. The number of anilines is 1. The molecule has 20 heavy (non-hydrogen) atoms. The molecular weight excluding hydrogens is 256 g/mol. The van der Waals surface area contributed by atoms with Crippen LogP contribution in [0.4, 0.5) is 10.5 Å². The van der Waals surface area contributed by atoms with Crippen molar-refractivity contribution in [3.63, 3.8) is 0 Å². The van der Waals surface area contributed by atoms with Crippen molar-refractivity contribution in [3.8, 4) is 0 Å². The van der Waals surface area contributed by atoms with Crippen molar-refractivity contribution in [1.82, 2.24) is 4.90 Å². The number of amides is 2. The second-order valence-electron chi connectivity index (χ2n) is 5.34. The summed E-state index contributed by atoms with van der Waals surface area (Å²) in [7, 11) is 1.64.